The van der Waals surface area contributed by atoms with Crippen molar-refractivity contribution in [2.75, 3.05) is 20.8 Å². The minimum Gasteiger partial charge on any atom is -0.497 e. The minimum atomic E-state index is -0.0304. The van der Waals surface area contributed by atoms with Gasteiger partial charge in [-0.05, 0) is 38.5 Å². The maximum absolute atomic E-state index is 6.32. The van der Waals surface area contributed by atoms with Crippen molar-refractivity contribution < 1.29 is 18.9 Å². The van der Waals surface area contributed by atoms with E-state index < -0.39 is 0 Å². The molecule has 0 bridgehead atoms. The molecule has 0 N–H and O–H groups in total. The van der Waals surface area contributed by atoms with Crippen LogP contribution >= 0.6 is 0 Å². The fraction of sp³-hybridized carbons (Fsp3) is 0.364. The van der Waals surface area contributed by atoms with Gasteiger partial charge in [0.15, 0.2) is 0 Å². The second-order valence-corrected chi connectivity index (χ2v) is 7.01. The molecule has 0 saturated heterocycles. The average molecular weight is 352 g/mol. The highest BCUT2D eigenvalue weighted by Crippen LogP contribution is 2.53. The van der Waals surface area contributed by atoms with E-state index >= 15 is 0 Å². The quantitative estimate of drug-likeness (QED) is 0.739. The smallest absolute Gasteiger partial charge is 0.138 e. The molecule has 0 radical (unpaired) electrons. The van der Waals surface area contributed by atoms with Crippen LogP contribution in [-0.2, 0) is 6.42 Å². The number of fused-ring (bicyclic) bond motifs is 5. The summed E-state index contributed by atoms with van der Waals surface area (Å²) in [7, 11) is 3.37. The molecule has 2 atom stereocenters. The highest BCUT2D eigenvalue weighted by atomic mass is 16.5. The van der Waals surface area contributed by atoms with Gasteiger partial charge >= 0.3 is 0 Å². The van der Waals surface area contributed by atoms with E-state index in [0.29, 0.717) is 6.61 Å². The Morgan fingerprint density at radius 3 is 2.65 bits per heavy atom. The summed E-state index contributed by atoms with van der Waals surface area (Å²) < 4.78 is 23.5. The molecule has 0 aliphatic carbocycles. The predicted molar refractivity (Wildman–Crippen MR) is 101 cm³/mol. The van der Waals surface area contributed by atoms with Gasteiger partial charge in [-0.15, -0.1) is 0 Å². The Labute approximate surface area is 154 Å². The number of allylic oxidation sites excluding steroid dienone is 2. The van der Waals surface area contributed by atoms with E-state index in [1.807, 2.05) is 18.2 Å². The van der Waals surface area contributed by atoms with Gasteiger partial charge < -0.3 is 18.9 Å². The fourth-order valence-corrected chi connectivity index (χ4v) is 3.78. The van der Waals surface area contributed by atoms with Crippen molar-refractivity contribution >= 4 is 0 Å². The molecule has 0 spiro atoms. The molecule has 4 heteroatoms. The third-order valence-electron chi connectivity index (χ3n) is 5.14. The largest absolute Gasteiger partial charge is 0.497 e. The van der Waals surface area contributed by atoms with Crippen LogP contribution in [0.5, 0.6) is 23.0 Å². The number of hydrogen-bond acceptors (Lipinski definition) is 4. The monoisotopic (exact) mass is 352 g/mol. The minimum absolute atomic E-state index is 0.0304. The zero-order chi connectivity index (χ0) is 18.3. The second-order valence-electron chi connectivity index (χ2n) is 7.01. The van der Waals surface area contributed by atoms with E-state index in [2.05, 4.69) is 32.1 Å². The SMILES string of the molecule is COc1ccc2c(c1)OC1c3ccc(OC)c(CC=C(C)C)c3OCC21. The summed E-state index contributed by atoms with van der Waals surface area (Å²) in [6.45, 7) is 4.80. The van der Waals surface area contributed by atoms with Gasteiger partial charge in [0, 0.05) is 22.8 Å². The molecule has 2 aliphatic rings. The van der Waals surface area contributed by atoms with Crippen LogP contribution in [-0.4, -0.2) is 20.8 Å². The topological polar surface area (TPSA) is 36.9 Å². The molecular formula is C22H24O4. The van der Waals surface area contributed by atoms with Crippen LogP contribution in [0.3, 0.4) is 0 Å². The summed E-state index contributed by atoms with van der Waals surface area (Å²) in [6, 6.07) is 10.1. The molecule has 2 aromatic rings. The fourth-order valence-electron chi connectivity index (χ4n) is 3.78. The van der Waals surface area contributed by atoms with Gasteiger partial charge in [0.2, 0.25) is 0 Å². The van der Waals surface area contributed by atoms with Crippen molar-refractivity contribution in [1.82, 2.24) is 0 Å². The van der Waals surface area contributed by atoms with Gasteiger partial charge in [0.1, 0.15) is 29.1 Å². The van der Waals surface area contributed by atoms with Crippen LogP contribution in [0.25, 0.3) is 0 Å². The van der Waals surface area contributed by atoms with Gasteiger partial charge in [-0.2, -0.15) is 0 Å². The first kappa shape index (κ1) is 16.8. The normalized spacial score (nSPS) is 19.4. The summed E-state index contributed by atoms with van der Waals surface area (Å²) in [5.74, 6) is 3.66. The number of rotatable bonds is 4. The number of benzene rings is 2. The first-order valence-electron chi connectivity index (χ1n) is 8.93. The maximum atomic E-state index is 6.32. The molecular weight excluding hydrogens is 328 g/mol. The van der Waals surface area contributed by atoms with Crippen LogP contribution in [0.2, 0.25) is 0 Å². The molecule has 136 valence electrons. The highest BCUT2D eigenvalue weighted by Gasteiger charge is 2.41. The van der Waals surface area contributed by atoms with Crippen molar-refractivity contribution in [3.8, 4) is 23.0 Å². The third kappa shape index (κ3) is 2.70. The summed E-state index contributed by atoms with van der Waals surface area (Å²) in [6.07, 6.45) is 2.95. The highest BCUT2D eigenvalue weighted by molar-refractivity contribution is 5.57. The van der Waals surface area contributed by atoms with Crippen molar-refractivity contribution in [3.63, 3.8) is 0 Å². The van der Waals surface area contributed by atoms with Crippen LogP contribution in [0.1, 0.15) is 42.6 Å². The molecule has 26 heavy (non-hydrogen) atoms. The molecule has 2 unspecified atom stereocenters. The Hall–Kier alpha value is -2.62. The first-order valence-corrected chi connectivity index (χ1v) is 8.93. The van der Waals surface area contributed by atoms with Gasteiger partial charge in [-0.25, -0.2) is 0 Å². The van der Waals surface area contributed by atoms with E-state index in [1.54, 1.807) is 14.2 Å². The number of hydrogen-bond donors (Lipinski definition) is 0. The Morgan fingerprint density at radius 2 is 1.92 bits per heavy atom. The van der Waals surface area contributed by atoms with E-state index in [4.69, 9.17) is 18.9 Å². The van der Waals surface area contributed by atoms with E-state index in [1.165, 1.54) is 11.1 Å². The standard InChI is InChI=1S/C22H24O4/c1-13(2)5-7-16-19(24-4)10-9-17-21(16)25-12-18-15-8-6-14(23-3)11-20(15)26-22(17)18/h5-6,8-11,18,22H,7,12H2,1-4H3. The Bertz CT molecular complexity index is 865. The summed E-state index contributed by atoms with van der Waals surface area (Å²) in [5, 5.41) is 0. The van der Waals surface area contributed by atoms with Crippen LogP contribution < -0.4 is 18.9 Å². The molecule has 2 aliphatic heterocycles. The molecule has 2 aromatic carbocycles. The zero-order valence-corrected chi connectivity index (χ0v) is 15.7. The van der Waals surface area contributed by atoms with E-state index in [9.17, 15) is 0 Å². The third-order valence-corrected chi connectivity index (χ3v) is 5.14. The lowest BCUT2D eigenvalue weighted by Gasteiger charge is -2.30. The molecule has 4 rings (SSSR count). The Kier molecular flexibility index (Phi) is 4.27. The lowest BCUT2D eigenvalue weighted by atomic mass is 9.87. The van der Waals surface area contributed by atoms with Crippen molar-refractivity contribution in [3.05, 3.63) is 58.7 Å². The number of methoxy groups -OCH3 is 2. The number of ether oxygens (including phenoxy) is 4. The van der Waals surface area contributed by atoms with Gasteiger partial charge in [-0.1, -0.05) is 17.7 Å². The zero-order valence-electron chi connectivity index (χ0n) is 15.7. The lowest BCUT2D eigenvalue weighted by Crippen LogP contribution is -2.24. The van der Waals surface area contributed by atoms with Crippen molar-refractivity contribution in [2.45, 2.75) is 32.3 Å². The van der Waals surface area contributed by atoms with Gasteiger partial charge in [-0.3, -0.25) is 0 Å². The van der Waals surface area contributed by atoms with Crippen molar-refractivity contribution in [1.29, 1.82) is 0 Å². The lowest BCUT2D eigenvalue weighted by molar-refractivity contribution is 0.138. The van der Waals surface area contributed by atoms with Crippen LogP contribution in [0.15, 0.2) is 42.0 Å². The second kappa shape index (κ2) is 6.60. The molecule has 2 heterocycles. The molecule has 0 amide bonds. The first-order chi connectivity index (χ1) is 12.6. The van der Waals surface area contributed by atoms with Crippen LogP contribution in [0.4, 0.5) is 0 Å². The van der Waals surface area contributed by atoms with E-state index in [-0.39, 0.29) is 12.0 Å². The van der Waals surface area contributed by atoms with Gasteiger partial charge in [0.05, 0.1) is 26.7 Å². The molecule has 0 saturated carbocycles. The Balaban J connectivity index is 1.75. The van der Waals surface area contributed by atoms with Crippen LogP contribution in [0, 0.1) is 0 Å². The molecule has 4 nitrogen and oxygen atoms in total. The summed E-state index contributed by atoms with van der Waals surface area (Å²) in [4.78, 5) is 0. The van der Waals surface area contributed by atoms with Gasteiger partial charge in [0.25, 0.3) is 0 Å². The molecule has 0 aromatic heterocycles. The molecule has 0 fully saturated rings. The van der Waals surface area contributed by atoms with Crippen molar-refractivity contribution in [2.24, 2.45) is 0 Å². The summed E-state index contributed by atoms with van der Waals surface area (Å²) in [5.41, 5.74) is 4.63. The summed E-state index contributed by atoms with van der Waals surface area (Å²) >= 11 is 0. The predicted octanol–water partition coefficient (Wildman–Crippen LogP) is 4.82. The maximum Gasteiger partial charge on any atom is 0.138 e. The van der Waals surface area contributed by atoms with E-state index in [0.717, 1.165) is 40.5 Å². The Morgan fingerprint density at radius 1 is 1.12 bits per heavy atom. The average Bonchev–Trinajstić information content (AvgIpc) is 3.03.